The third-order valence-electron chi connectivity index (χ3n) is 6.03. The van der Waals surface area contributed by atoms with Gasteiger partial charge in [-0.2, -0.15) is 10.4 Å². The van der Waals surface area contributed by atoms with E-state index in [9.17, 15) is 10.1 Å². The highest BCUT2D eigenvalue weighted by Crippen LogP contribution is 2.44. The minimum absolute atomic E-state index is 0.0730. The Kier molecular flexibility index (Phi) is 6.26. The molecule has 156 valence electrons. The number of amides is 1. The van der Waals surface area contributed by atoms with Crippen molar-refractivity contribution in [1.29, 1.82) is 5.26 Å². The lowest BCUT2D eigenvalue weighted by Gasteiger charge is -2.33. The molecule has 0 radical (unpaired) electrons. The zero-order valence-corrected chi connectivity index (χ0v) is 20.4. The number of aryl methyl sites for hydroxylation is 1. The van der Waals surface area contributed by atoms with Gasteiger partial charge in [0.2, 0.25) is 5.91 Å². The fourth-order valence-electron chi connectivity index (χ4n) is 3.96. The van der Waals surface area contributed by atoms with E-state index in [1.807, 2.05) is 25.5 Å². The van der Waals surface area contributed by atoms with Crippen molar-refractivity contribution in [2.24, 2.45) is 17.3 Å². The highest BCUT2D eigenvalue weighted by molar-refractivity contribution is 9.10. The van der Waals surface area contributed by atoms with Gasteiger partial charge >= 0.3 is 0 Å². The lowest BCUT2D eigenvalue weighted by atomic mass is 9.72. The van der Waals surface area contributed by atoms with Crippen molar-refractivity contribution in [3.63, 3.8) is 0 Å². The average Bonchev–Trinajstić information content (AvgIpc) is 3.11. The molecule has 3 rings (SSSR count). The molecule has 0 aliphatic heterocycles. The molecule has 0 aromatic carbocycles. The molecule has 1 aliphatic rings. The number of fused-ring (bicyclic) bond motifs is 1. The van der Waals surface area contributed by atoms with Crippen molar-refractivity contribution in [2.45, 2.75) is 67.3 Å². The molecule has 0 unspecified atom stereocenters. The number of rotatable bonds is 4. The number of carbonyl (C=O) groups excluding carboxylic acids is 1. The molecule has 2 aromatic rings. The average molecular weight is 477 g/mol. The Labute approximate surface area is 185 Å². The molecule has 0 bridgehead atoms. The van der Waals surface area contributed by atoms with E-state index in [0.29, 0.717) is 23.0 Å². The molecule has 0 saturated heterocycles. The van der Waals surface area contributed by atoms with Crippen LogP contribution in [0.15, 0.2) is 4.47 Å². The second-order valence-electron chi connectivity index (χ2n) is 9.18. The van der Waals surface area contributed by atoms with Gasteiger partial charge in [0.25, 0.3) is 0 Å². The summed E-state index contributed by atoms with van der Waals surface area (Å²) < 4.78 is 2.85. The summed E-state index contributed by atoms with van der Waals surface area (Å²) in [5, 5.41) is 18.0. The second-order valence-corrected chi connectivity index (χ2v) is 11.1. The van der Waals surface area contributed by atoms with Gasteiger partial charge in [-0.1, -0.05) is 27.7 Å². The summed E-state index contributed by atoms with van der Waals surface area (Å²) in [6.07, 6.45) is 3.00. The van der Waals surface area contributed by atoms with Gasteiger partial charge in [0, 0.05) is 10.6 Å². The Balaban J connectivity index is 1.76. The number of halogens is 1. The van der Waals surface area contributed by atoms with E-state index in [1.165, 1.54) is 4.88 Å². The van der Waals surface area contributed by atoms with Gasteiger partial charge in [-0.3, -0.25) is 9.48 Å². The Morgan fingerprint density at radius 3 is 2.69 bits per heavy atom. The summed E-state index contributed by atoms with van der Waals surface area (Å²) in [5.41, 5.74) is 3.98. The molecule has 2 atom stereocenters. The van der Waals surface area contributed by atoms with Gasteiger partial charge in [0.15, 0.2) is 0 Å². The molecule has 2 heterocycles. The normalized spacial score (nSPS) is 17.5. The van der Waals surface area contributed by atoms with E-state index in [-0.39, 0.29) is 17.2 Å². The summed E-state index contributed by atoms with van der Waals surface area (Å²) in [6, 6.07) is 2.34. The molecule has 7 heteroatoms. The molecule has 1 amide bonds. The van der Waals surface area contributed by atoms with Gasteiger partial charge in [-0.25, -0.2) is 0 Å². The Hall–Kier alpha value is -1.65. The molecule has 0 saturated carbocycles. The first-order chi connectivity index (χ1) is 13.5. The summed E-state index contributed by atoms with van der Waals surface area (Å²) in [7, 11) is 0. The largest absolute Gasteiger partial charge is 0.316 e. The first-order valence-corrected chi connectivity index (χ1v) is 11.7. The van der Waals surface area contributed by atoms with Gasteiger partial charge < -0.3 is 5.32 Å². The zero-order valence-electron chi connectivity index (χ0n) is 18.0. The molecule has 2 aromatic heterocycles. The minimum Gasteiger partial charge on any atom is -0.316 e. The number of hydrogen-bond acceptors (Lipinski definition) is 4. The zero-order chi connectivity index (χ0) is 21.5. The van der Waals surface area contributed by atoms with E-state index < -0.39 is 0 Å². The van der Waals surface area contributed by atoms with Crippen molar-refractivity contribution in [3.05, 3.63) is 31.9 Å². The van der Waals surface area contributed by atoms with Gasteiger partial charge in [0.05, 0.1) is 28.2 Å². The predicted molar refractivity (Wildman–Crippen MR) is 121 cm³/mol. The first-order valence-electron chi connectivity index (χ1n) is 10.1. The number of nitrogens with one attached hydrogen (secondary N) is 1. The number of carbonyl (C=O) groups is 1. The quantitative estimate of drug-likeness (QED) is 0.621. The van der Waals surface area contributed by atoms with E-state index in [4.69, 9.17) is 0 Å². The molecule has 0 spiro atoms. The fraction of sp³-hybridized carbons (Fsp3) is 0.591. The van der Waals surface area contributed by atoms with Crippen molar-refractivity contribution in [2.75, 3.05) is 5.32 Å². The molecular weight excluding hydrogens is 448 g/mol. The smallest absolute Gasteiger partial charge is 0.229 e. The molecule has 1 aliphatic carbocycles. The SMILES string of the molecule is Cc1nn(C[C@H](C)C(=O)Nc2sc3c(c2C#N)CC[C@H](C(C)(C)C)C3)c(C)c1Br. The molecule has 0 fully saturated rings. The fourth-order valence-corrected chi connectivity index (χ4v) is 5.53. The number of aromatic nitrogens is 2. The lowest BCUT2D eigenvalue weighted by Crippen LogP contribution is -2.26. The Morgan fingerprint density at radius 2 is 2.14 bits per heavy atom. The van der Waals surface area contributed by atoms with E-state index in [0.717, 1.165) is 40.7 Å². The number of nitrogens with zero attached hydrogens (tertiary/aromatic N) is 3. The van der Waals surface area contributed by atoms with Crippen LogP contribution in [0.2, 0.25) is 0 Å². The van der Waals surface area contributed by atoms with Crippen molar-refractivity contribution >= 4 is 38.2 Å². The Bertz CT molecular complexity index is 977. The van der Waals surface area contributed by atoms with Crippen LogP contribution >= 0.6 is 27.3 Å². The minimum atomic E-state index is -0.257. The number of anilines is 1. The maximum absolute atomic E-state index is 12.9. The highest BCUT2D eigenvalue weighted by Gasteiger charge is 2.32. The first kappa shape index (κ1) is 22.0. The van der Waals surface area contributed by atoms with Gasteiger partial charge in [0.1, 0.15) is 11.1 Å². The van der Waals surface area contributed by atoms with Crippen molar-refractivity contribution in [3.8, 4) is 6.07 Å². The van der Waals surface area contributed by atoms with Crippen LogP contribution in [0.5, 0.6) is 0 Å². The molecule has 29 heavy (non-hydrogen) atoms. The number of thiophene rings is 1. The van der Waals surface area contributed by atoms with Gasteiger partial charge in [-0.15, -0.1) is 11.3 Å². The van der Waals surface area contributed by atoms with Crippen LogP contribution in [0.4, 0.5) is 5.00 Å². The Morgan fingerprint density at radius 1 is 1.45 bits per heavy atom. The van der Waals surface area contributed by atoms with Crippen molar-refractivity contribution < 1.29 is 4.79 Å². The standard InChI is InChI=1S/C22H29BrN4OS/c1-12(11-27-14(3)19(23)13(2)26-27)20(28)25-21-17(10-24)16-8-7-15(22(4,5)6)9-18(16)29-21/h12,15H,7-9,11H2,1-6H3,(H,25,28)/t12-,15-/m0/s1. The molecule has 1 N–H and O–H groups in total. The van der Waals surface area contributed by atoms with Gasteiger partial charge in [-0.05, 0) is 65.9 Å². The molecular formula is C22H29BrN4OS. The predicted octanol–water partition coefficient (Wildman–Crippen LogP) is 5.62. The maximum atomic E-state index is 12.9. The summed E-state index contributed by atoms with van der Waals surface area (Å²) in [4.78, 5) is 14.1. The van der Waals surface area contributed by atoms with Crippen LogP contribution in [0.3, 0.4) is 0 Å². The maximum Gasteiger partial charge on any atom is 0.229 e. The van der Waals surface area contributed by atoms with Crippen LogP contribution in [0.1, 0.15) is 61.5 Å². The topological polar surface area (TPSA) is 70.7 Å². The second kappa shape index (κ2) is 8.23. The third kappa shape index (κ3) is 4.44. The summed E-state index contributed by atoms with van der Waals surface area (Å²) >= 11 is 5.12. The number of hydrogen-bond donors (Lipinski definition) is 1. The van der Waals surface area contributed by atoms with Crippen LogP contribution in [-0.2, 0) is 24.2 Å². The van der Waals surface area contributed by atoms with Crippen LogP contribution < -0.4 is 5.32 Å². The molecule has 5 nitrogen and oxygen atoms in total. The van der Waals surface area contributed by atoms with E-state index in [2.05, 4.69) is 53.2 Å². The monoisotopic (exact) mass is 476 g/mol. The summed E-state index contributed by atoms with van der Waals surface area (Å²) in [5.74, 6) is 0.274. The summed E-state index contributed by atoms with van der Waals surface area (Å²) in [6.45, 7) is 13.2. The van der Waals surface area contributed by atoms with Crippen LogP contribution in [0, 0.1) is 42.4 Å². The van der Waals surface area contributed by atoms with Crippen molar-refractivity contribution in [1.82, 2.24) is 9.78 Å². The lowest BCUT2D eigenvalue weighted by molar-refractivity contribution is -0.119. The van der Waals surface area contributed by atoms with E-state index in [1.54, 1.807) is 11.3 Å². The number of nitriles is 1. The van der Waals surface area contributed by atoms with Crippen LogP contribution in [0.25, 0.3) is 0 Å². The third-order valence-corrected chi connectivity index (χ3v) is 8.34. The van der Waals surface area contributed by atoms with Crippen LogP contribution in [-0.4, -0.2) is 15.7 Å². The highest BCUT2D eigenvalue weighted by atomic mass is 79.9. The van der Waals surface area contributed by atoms with E-state index >= 15 is 0 Å².